The van der Waals surface area contributed by atoms with Crippen molar-refractivity contribution < 1.29 is 22.7 Å². The van der Waals surface area contributed by atoms with Crippen LogP contribution in [-0.4, -0.2) is 56.3 Å². The van der Waals surface area contributed by atoms with E-state index in [0.717, 1.165) is 21.6 Å². The molecule has 1 amide bonds. The van der Waals surface area contributed by atoms with E-state index >= 15 is 0 Å². The second kappa shape index (κ2) is 9.21. The number of ether oxygens (including phenoxy) is 1. The number of nitrogens with one attached hydrogen (secondary N) is 1. The van der Waals surface area contributed by atoms with Gasteiger partial charge in [0.05, 0.1) is 22.5 Å². The molecular formula is C16H24N2O5S2. The number of aryl methyl sites for hydroxylation is 1. The zero-order valence-electron chi connectivity index (χ0n) is 15.0. The van der Waals surface area contributed by atoms with Gasteiger partial charge in [0.2, 0.25) is 15.9 Å². The maximum absolute atomic E-state index is 12.3. The molecule has 0 aliphatic heterocycles. The molecule has 0 radical (unpaired) electrons. The fourth-order valence-corrected chi connectivity index (χ4v) is 3.42. The Bertz CT molecular complexity index is 732. The van der Waals surface area contributed by atoms with Gasteiger partial charge in [-0.1, -0.05) is 6.07 Å². The van der Waals surface area contributed by atoms with E-state index in [-0.39, 0.29) is 22.5 Å². The molecule has 0 aromatic heterocycles. The number of thioether (sulfide) groups is 1. The smallest absolute Gasteiger partial charge is 0.315 e. The molecule has 0 spiro atoms. The van der Waals surface area contributed by atoms with E-state index in [2.05, 4.69) is 5.32 Å². The summed E-state index contributed by atoms with van der Waals surface area (Å²) < 4.78 is 30.4. The highest BCUT2D eigenvalue weighted by molar-refractivity contribution is 8.01. The van der Waals surface area contributed by atoms with Crippen molar-refractivity contribution in [3.63, 3.8) is 0 Å². The summed E-state index contributed by atoms with van der Waals surface area (Å²) in [6, 6.07) is 4.58. The molecule has 1 aromatic carbocycles. The highest BCUT2D eigenvalue weighted by Gasteiger charge is 2.20. The average molecular weight is 389 g/mol. The Morgan fingerprint density at radius 1 is 1.32 bits per heavy atom. The van der Waals surface area contributed by atoms with E-state index in [1.807, 2.05) is 0 Å². The zero-order valence-corrected chi connectivity index (χ0v) is 16.7. The Labute approximate surface area is 153 Å². The summed E-state index contributed by atoms with van der Waals surface area (Å²) in [6.07, 6.45) is 0. The molecule has 1 N–H and O–H groups in total. The number of hydrogen-bond donors (Lipinski definition) is 1. The quantitative estimate of drug-likeness (QED) is 0.684. The topological polar surface area (TPSA) is 92.8 Å². The SMILES string of the molecule is CCOC(=O)CSC(C)C(=O)Nc1cc(S(=O)(=O)N(C)C)ccc1C. The number of amides is 1. The molecule has 1 atom stereocenters. The third-order valence-electron chi connectivity index (χ3n) is 3.37. The van der Waals surface area contributed by atoms with Gasteiger partial charge < -0.3 is 10.1 Å². The molecule has 25 heavy (non-hydrogen) atoms. The lowest BCUT2D eigenvalue weighted by Gasteiger charge is -2.16. The van der Waals surface area contributed by atoms with Gasteiger partial charge in [-0.05, 0) is 38.5 Å². The number of esters is 1. The summed E-state index contributed by atoms with van der Waals surface area (Å²) in [7, 11) is -0.692. The number of hydrogen-bond acceptors (Lipinski definition) is 6. The fourth-order valence-electron chi connectivity index (χ4n) is 1.81. The van der Waals surface area contributed by atoms with Crippen molar-refractivity contribution in [1.82, 2.24) is 4.31 Å². The largest absolute Gasteiger partial charge is 0.465 e. The normalized spacial score (nSPS) is 12.7. The monoisotopic (exact) mass is 388 g/mol. The lowest BCUT2D eigenvalue weighted by atomic mass is 10.2. The summed E-state index contributed by atoms with van der Waals surface area (Å²) in [6.45, 7) is 5.47. The molecule has 0 aliphatic rings. The van der Waals surface area contributed by atoms with Crippen molar-refractivity contribution >= 4 is 39.3 Å². The molecule has 140 valence electrons. The van der Waals surface area contributed by atoms with Crippen molar-refractivity contribution in [3.05, 3.63) is 23.8 Å². The van der Waals surface area contributed by atoms with Gasteiger partial charge >= 0.3 is 5.97 Å². The number of anilines is 1. The van der Waals surface area contributed by atoms with E-state index in [0.29, 0.717) is 12.3 Å². The van der Waals surface area contributed by atoms with Crippen LogP contribution in [0, 0.1) is 6.92 Å². The number of rotatable bonds is 8. The lowest BCUT2D eigenvalue weighted by molar-refractivity contribution is -0.139. The first kappa shape index (κ1) is 21.5. The van der Waals surface area contributed by atoms with E-state index in [1.165, 1.54) is 26.2 Å². The van der Waals surface area contributed by atoms with Crippen LogP contribution in [0.15, 0.2) is 23.1 Å². The molecule has 0 heterocycles. The van der Waals surface area contributed by atoms with Crippen molar-refractivity contribution in [2.75, 3.05) is 31.8 Å². The van der Waals surface area contributed by atoms with Crippen LogP contribution in [0.1, 0.15) is 19.4 Å². The average Bonchev–Trinajstić information content (AvgIpc) is 2.54. The Morgan fingerprint density at radius 2 is 1.96 bits per heavy atom. The van der Waals surface area contributed by atoms with Crippen molar-refractivity contribution in [1.29, 1.82) is 0 Å². The van der Waals surface area contributed by atoms with Gasteiger partial charge in [-0.3, -0.25) is 9.59 Å². The van der Waals surface area contributed by atoms with Gasteiger partial charge in [0.1, 0.15) is 0 Å². The van der Waals surface area contributed by atoms with E-state index in [9.17, 15) is 18.0 Å². The van der Waals surface area contributed by atoms with Crippen molar-refractivity contribution in [2.24, 2.45) is 0 Å². The molecule has 1 rings (SSSR count). The molecule has 0 fully saturated rings. The summed E-state index contributed by atoms with van der Waals surface area (Å²) in [5.41, 5.74) is 1.17. The van der Waals surface area contributed by atoms with Crippen LogP contribution < -0.4 is 5.32 Å². The van der Waals surface area contributed by atoms with Crippen LogP contribution >= 0.6 is 11.8 Å². The van der Waals surface area contributed by atoms with Gasteiger partial charge in [0, 0.05) is 19.8 Å². The zero-order chi connectivity index (χ0) is 19.2. The maximum atomic E-state index is 12.3. The molecule has 1 unspecified atom stereocenters. The maximum Gasteiger partial charge on any atom is 0.315 e. The van der Waals surface area contributed by atoms with E-state index < -0.39 is 15.3 Å². The minimum absolute atomic E-state index is 0.0798. The molecule has 0 aliphatic carbocycles. The summed E-state index contributed by atoms with van der Waals surface area (Å²) in [5, 5.41) is 2.23. The first-order valence-electron chi connectivity index (χ1n) is 7.70. The van der Waals surface area contributed by atoms with Gasteiger partial charge in [-0.2, -0.15) is 0 Å². The fraction of sp³-hybridized carbons (Fsp3) is 0.500. The highest BCUT2D eigenvalue weighted by atomic mass is 32.2. The Balaban J connectivity index is 2.85. The number of nitrogens with zero attached hydrogens (tertiary/aromatic N) is 1. The predicted molar refractivity (Wildman–Crippen MR) is 99.2 cm³/mol. The van der Waals surface area contributed by atoms with Crippen LogP contribution in [0.4, 0.5) is 5.69 Å². The minimum Gasteiger partial charge on any atom is -0.465 e. The third-order valence-corrected chi connectivity index (χ3v) is 6.30. The Hall–Kier alpha value is -1.58. The van der Waals surface area contributed by atoms with Gasteiger partial charge in [-0.25, -0.2) is 12.7 Å². The second-order valence-corrected chi connectivity index (χ2v) is 8.99. The molecule has 1 aromatic rings. The first-order chi connectivity index (χ1) is 11.6. The summed E-state index contributed by atoms with van der Waals surface area (Å²) in [5.74, 6) is -0.601. The lowest BCUT2D eigenvalue weighted by Crippen LogP contribution is -2.25. The van der Waals surface area contributed by atoms with E-state index in [4.69, 9.17) is 4.74 Å². The minimum atomic E-state index is -3.58. The van der Waals surface area contributed by atoms with Crippen LogP contribution in [0.5, 0.6) is 0 Å². The van der Waals surface area contributed by atoms with Crippen molar-refractivity contribution in [2.45, 2.75) is 30.9 Å². The third kappa shape index (κ3) is 6.02. The van der Waals surface area contributed by atoms with Gasteiger partial charge in [0.25, 0.3) is 0 Å². The van der Waals surface area contributed by atoms with Crippen LogP contribution in [0.25, 0.3) is 0 Å². The summed E-state index contributed by atoms with van der Waals surface area (Å²) in [4.78, 5) is 23.7. The summed E-state index contributed by atoms with van der Waals surface area (Å²) >= 11 is 1.16. The standard InChI is InChI=1S/C16H24N2O5S2/c1-6-23-15(19)10-24-12(3)16(20)17-14-9-13(8-7-11(14)2)25(21,22)18(4)5/h7-9,12H,6,10H2,1-5H3,(H,17,20). The van der Waals surface area contributed by atoms with Gasteiger partial charge in [0.15, 0.2) is 0 Å². The molecule has 9 heteroatoms. The first-order valence-corrected chi connectivity index (χ1v) is 10.2. The number of carbonyl (C=O) groups is 2. The molecule has 7 nitrogen and oxygen atoms in total. The van der Waals surface area contributed by atoms with Crippen LogP contribution in [0.3, 0.4) is 0 Å². The van der Waals surface area contributed by atoms with Gasteiger partial charge in [-0.15, -0.1) is 11.8 Å². The molecule has 0 saturated carbocycles. The van der Waals surface area contributed by atoms with Crippen LogP contribution in [0.2, 0.25) is 0 Å². The number of carbonyl (C=O) groups excluding carboxylic acids is 2. The second-order valence-electron chi connectivity index (χ2n) is 5.51. The Morgan fingerprint density at radius 3 is 2.52 bits per heavy atom. The molecular weight excluding hydrogens is 364 g/mol. The van der Waals surface area contributed by atoms with Crippen LogP contribution in [-0.2, 0) is 24.3 Å². The molecule has 0 saturated heterocycles. The molecule has 0 bridgehead atoms. The van der Waals surface area contributed by atoms with Crippen molar-refractivity contribution in [3.8, 4) is 0 Å². The predicted octanol–water partition coefficient (Wildman–Crippen LogP) is 1.87. The number of sulfonamides is 1. The Kier molecular flexibility index (Phi) is 7.91. The number of benzene rings is 1. The highest BCUT2D eigenvalue weighted by Crippen LogP contribution is 2.23. The van der Waals surface area contributed by atoms with E-state index in [1.54, 1.807) is 26.8 Å².